The van der Waals surface area contributed by atoms with Gasteiger partial charge < -0.3 is 19.4 Å². The van der Waals surface area contributed by atoms with Gasteiger partial charge in [0.1, 0.15) is 22.5 Å². The Morgan fingerprint density at radius 1 is 1.05 bits per heavy atom. The monoisotopic (exact) mass is 284 g/mol. The van der Waals surface area contributed by atoms with Crippen molar-refractivity contribution in [1.82, 2.24) is 0 Å². The van der Waals surface area contributed by atoms with Crippen LogP contribution in [0.2, 0.25) is 0 Å². The molecule has 2 aromatic carbocycles. The SMILES string of the molecule is COc1ccc(-c2cc(=O)c3c(O)c(O)ccc3o2)cc1. The lowest BCUT2D eigenvalue weighted by molar-refractivity contribution is 0.407. The summed E-state index contributed by atoms with van der Waals surface area (Å²) < 4.78 is 10.7. The average Bonchev–Trinajstić information content (AvgIpc) is 2.50. The highest BCUT2D eigenvalue weighted by molar-refractivity contribution is 5.87. The standard InChI is InChI=1S/C16H12O5/c1-20-10-4-2-9(3-5-10)14-8-12(18)15-13(21-14)7-6-11(17)16(15)19/h2-8,17,19H,1H3. The summed E-state index contributed by atoms with van der Waals surface area (Å²) in [5, 5.41) is 19.1. The molecule has 0 unspecified atom stereocenters. The molecule has 21 heavy (non-hydrogen) atoms. The summed E-state index contributed by atoms with van der Waals surface area (Å²) in [4.78, 5) is 12.1. The summed E-state index contributed by atoms with van der Waals surface area (Å²) in [6, 6.07) is 11.1. The molecule has 0 saturated carbocycles. The van der Waals surface area contributed by atoms with Gasteiger partial charge in [0.2, 0.25) is 0 Å². The molecule has 5 nitrogen and oxygen atoms in total. The van der Waals surface area contributed by atoms with E-state index >= 15 is 0 Å². The number of phenolic OH excluding ortho intramolecular Hbond substituents is 2. The molecule has 1 heterocycles. The van der Waals surface area contributed by atoms with E-state index < -0.39 is 11.2 Å². The first-order valence-electron chi connectivity index (χ1n) is 6.23. The van der Waals surface area contributed by atoms with Gasteiger partial charge in [-0.05, 0) is 36.4 Å². The maximum Gasteiger partial charge on any atom is 0.197 e. The fourth-order valence-electron chi connectivity index (χ4n) is 2.12. The van der Waals surface area contributed by atoms with E-state index in [0.29, 0.717) is 17.1 Å². The van der Waals surface area contributed by atoms with Gasteiger partial charge in [0.25, 0.3) is 0 Å². The average molecular weight is 284 g/mol. The highest BCUT2D eigenvalue weighted by Crippen LogP contribution is 2.33. The van der Waals surface area contributed by atoms with Crippen molar-refractivity contribution in [1.29, 1.82) is 0 Å². The minimum Gasteiger partial charge on any atom is -0.504 e. The Labute approximate surface area is 119 Å². The van der Waals surface area contributed by atoms with Gasteiger partial charge in [0.15, 0.2) is 16.9 Å². The number of aromatic hydroxyl groups is 2. The van der Waals surface area contributed by atoms with Crippen molar-refractivity contribution < 1.29 is 19.4 Å². The first-order valence-corrected chi connectivity index (χ1v) is 6.23. The van der Waals surface area contributed by atoms with E-state index in [1.807, 2.05) is 0 Å². The quantitative estimate of drug-likeness (QED) is 0.707. The molecule has 5 heteroatoms. The molecule has 2 N–H and O–H groups in total. The van der Waals surface area contributed by atoms with E-state index in [0.717, 1.165) is 0 Å². The summed E-state index contributed by atoms with van der Waals surface area (Å²) in [5.41, 5.74) is 0.501. The van der Waals surface area contributed by atoms with Crippen molar-refractivity contribution in [2.45, 2.75) is 0 Å². The topological polar surface area (TPSA) is 79.9 Å². The number of ether oxygens (including phenoxy) is 1. The Morgan fingerprint density at radius 2 is 1.76 bits per heavy atom. The Bertz CT molecular complexity index is 862. The van der Waals surface area contributed by atoms with Gasteiger partial charge in [-0.3, -0.25) is 4.79 Å². The van der Waals surface area contributed by atoms with E-state index in [4.69, 9.17) is 9.15 Å². The normalized spacial score (nSPS) is 10.7. The first kappa shape index (κ1) is 13.1. The summed E-state index contributed by atoms with van der Waals surface area (Å²) in [6.07, 6.45) is 0. The van der Waals surface area contributed by atoms with E-state index in [1.54, 1.807) is 31.4 Å². The number of hydrogen-bond donors (Lipinski definition) is 2. The Hall–Kier alpha value is -2.95. The van der Waals surface area contributed by atoms with Crippen LogP contribution in [0.4, 0.5) is 0 Å². The summed E-state index contributed by atoms with van der Waals surface area (Å²) in [5.74, 6) is 0.249. The molecule has 0 bridgehead atoms. The van der Waals surface area contributed by atoms with E-state index in [9.17, 15) is 15.0 Å². The van der Waals surface area contributed by atoms with Crippen molar-refractivity contribution in [2.24, 2.45) is 0 Å². The third-order valence-electron chi connectivity index (χ3n) is 3.22. The van der Waals surface area contributed by atoms with Crippen LogP contribution < -0.4 is 10.2 Å². The zero-order valence-corrected chi connectivity index (χ0v) is 11.2. The van der Waals surface area contributed by atoms with Crippen molar-refractivity contribution in [3.63, 3.8) is 0 Å². The highest BCUT2D eigenvalue weighted by atomic mass is 16.5. The van der Waals surface area contributed by atoms with Gasteiger partial charge in [-0.2, -0.15) is 0 Å². The van der Waals surface area contributed by atoms with E-state index in [1.165, 1.54) is 18.2 Å². The van der Waals surface area contributed by atoms with Crippen molar-refractivity contribution in [3.05, 3.63) is 52.7 Å². The van der Waals surface area contributed by atoms with Crippen LogP contribution in [0, 0.1) is 0 Å². The molecule has 0 atom stereocenters. The number of methoxy groups -OCH3 is 1. The van der Waals surface area contributed by atoms with Gasteiger partial charge in [-0.15, -0.1) is 0 Å². The molecule has 3 aromatic rings. The van der Waals surface area contributed by atoms with Crippen molar-refractivity contribution in [2.75, 3.05) is 7.11 Å². The van der Waals surface area contributed by atoms with E-state index in [2.05, 4.69) is 0 Å². The van der Waals surface area contributed by atoms with Crippen LogP contribution in [0.3, 0.4) is 0 Å². The lowest BCUT2D eigenvalue weighted by atomic mass is 10.1. The zero-order valence-electron chi connectivity index (χ0n) is 11.2. The third kappa shape index (κ3) is 2.18. The second-order valence-corrected chi connectivity index (χ2v) is 4.51. The van der Waals surface area contributed by atoms with Crippen LogP contribution in [0.5, 0.6) is 17.2 Å². The lowest BCUT2D eigenvalue weighted by Crippen LogP contribution is -2.00. The summed E-state index contributed by atoms with van der Waals surface area (Å²) >= 11 is 0. The molecule has 0 amide bonds. The van der Waals surface area contributed by atoms with Crippen LogP contribution in [-0.4, -0.2) is 17.3 Å². The Morgan fingerprint density at radius 3 is 2.43 bits per heavy atom. The van der Waals surface area contributed by atoms with Gasteiger partial charge in [-0.25, -0.2) is 0 Å². The van der Waals surface area contributed by atoms with Crippen molar-refractivity contribution >= 4 is 11.0 Å². The van der Waals surface area contributed by atoms with Crippen LogP contribution in [0.15, 0.2) is 51.7 Å². The van der Waals surface area contributed by atoms with Gasteiger partial charge in [-0.1, -0.05) is 0 Å². The number of benzene rings is 2. The molecule has 0 spiro atoms. The van der Waals surface area contributed by atoms with E-state index in [-0.39, 0.29) is 16.7 Å². The molecule has 0 aliphatic rings. The minimum atomic E-state index is -0.470. The Balaban J connectivity index is 2.21. The van der Waals surface area contributed by atoms with Gasteiger partial charge >= 0.3 is 0 Å². The number of phenols is 2. The number of hydrogen-bond acceptors (Lipinski definition) is 5. The van der Waals surface area contributed by atoms with Crippen LogP contribution in [0.25, 0.3) is 22.3 Å². The number of fused-ring (bicyclic) bond motifs is 1. The molecular weight excluding hydrogens is 272 g/mol. The maximum atomic E-state index is 12.1. The molecule has 3 rings (SSSR count). The first-order chi connectivity index (χ1) is 10.1. The zero-order chi connectivity index (χ0) is 15.0. The fraction of sp³-hybridized carbons (Fsp3) is 0.0625. The Kier molecular flexibility index (Phi) is 3.02. The number of rotatable bonds is 2. The largest absolute Gasteiger partial charge is 0.504 e. The van der Waals surface area contributed by atoms with Gasteiger partial charge in [0, 0.05) is 11.6 Å². The second-order valence-electron chi connectivity index (χ2n) is 4.51. The molecule has 0 aliphatic heterocycles. The molecule has 1 aromatic heterocycles. The fourth-order valence-corrected chi connectivity index (χ4v) is 2.12. The predicted molar refractivity (Wildman–Crippen MR) is 77.8 cm³/mol. The lowest BCUT2D eigenvalue weighted by Gasteiger charge is -2.06. The van der Waals surface area contributed by atoms with Crippen LogP contribution >= 0.6 is 0 Å². The molecule has 0 saturated heterocycles. The molecule has 106 valence electrons. The molecule has 0 radical (unpaired) electrons. The van der Waals surface area contributed by atoms with Gasteiger partial charge in [0.05, 0.1) is 7.11 Å². The van der Waals surface area contributed by atoms with Crippen LogP contribution in [-0.2, 0) is 0 Å². The highest BCUT2D eigenvalue weighted by Gasteiger charge is 2.13. The third-order valence-corrected chi connectivity index (χ3v) is 3.22. The summed E-state index contributed by atoms with van der Waals surface area (Å²) in [7, 11) is 1.57. The molecule has 0 aliphatic carbocycles. The molecular formula is C16H12O5. The van der Waals surface area contributed by atoms with Crippen LogP contribution in [0.1, 0.15) is 0 Å². The second kappa shape index (κ2) is 4.86. The van der Waals surface area contributed by atoms with Crippen molar-refractivity contribution in [3.8, 4) is 28.6 Å². The molecule has 0 fully saturated rings. The maximum absolute atomic E-state index is 12.1. The predicted octanol–water partition coefficient (Wildman–Crippen LogP) is 2.88. The smallest absolute Gasteiger partial charge is 0.197 e. The summed E-state index contributed by atoms with van der Waals surface area (Å²) in [6.45, 7) is 0. The minimum absolute atomic E-state index is 0.0349.